The van der Waals surface area contributed by atoms with Gasteiger partial charge in [0.25, 0.3) is 5.91 Å². The number of nitrogens with zero attached hydrogens (tertiary/aromatic N) is 1. The summed E-state index contributed by atoms with van der Waals surface area (Å²) in [6, 6.07) is 3.05. The van der Waals surface area contributed by atoms with Crippen LogP contribution in [0.25, 0.3) is 0 Å². The van der Waals surface area contributed by atoms with Crippen molar-refractivity contribution in [2.75, 3.05) is 13.2 Å². The van der Waals surface area contributed by atoms with E-state index in [9.17, 15) is 14.7 Å². The summed E-state index contributed by atoms with van der Waals surface area (Å²) >= 11 is 0. The third kappa shape index (κ3) is 4.51. The van der Waals surface area contributed by atoms with E-state index in [1.807, 2.05) is 46.8 Å². The molecule has 1 aliphatic rings. The van der Waals surface area contributed by atoms with Gasteiger partial charge in [-0.3, -0.25) is 9.69 Å². The van der Waals surface area contributed by atoms with Gasteiger partial charge in [0.1, 0.15) is 24.5 Å². The number of urea groups is 1. The summed E-state index contributed by atoms with van der Waals surface area (Å²) < 4.78 is 5.76. The number of imide groups is 1. The lowest BCUT2D eigenvalue weighted by Gasteiger charge is -2.20. The number of carbonyl (C=O) groups excluding carboxylic acids is 2. The van der Waals surface area contributed by atoms with Crippen molar-refractivity contribution in [3.63, 3.8) is 0 Å². The highest BCUT2D eigenvalue weighted by atomic mass is 16.5. The summed E-state index contributed by atoms with van der Waals surface area (Å²) in [5, 5.41) is 12.9. The third-order valence-electron chi connectivity index (χ3n) is 4.50. The van der Waals surface area contributed by atoms with Crippen molar-refractivity contribution in [1.29, 1.82) is 0 Å². The van der Waals surface area contributed by atoms with Crippen LogP contribution in [0.5, 0.6) is 5.75 Å². The van der Waals surface area contributed by atoms with Crippen molar-refractivity contribution in [1.82, 2.24) is 10.2 Å². The van der Waals surface area contributed by atoms with Gasteiger partial charge in [-0.1, -0.05) is 26.0 Å². The fourth-order valence-corrected chi connectivity index (χ4v) is 2.97. The van der Waals surface area contributed by atoms with E-state index in [1.165, 1.54) is 0 Å². The van der Waals surface area contributed by atoms with E-state index < -0.39 is 18.2 Å². The number of aliphatic hydroxyl groups excluding tert-OH is 1. The normalized spacial score (nSPS) is 18.7. The first kappa shape index (κ1) is 19.2. The van der Waals surface area contributed by atoms with Crippen LogP contribution in [0.15, 0.2) is 12.1 Å². The lowest BCUT2D eigenvalue weighted by atomic mass is 10.0. The molecule has 0 aliphatic carbocycles. The Hall–Kier alpha value is -2.08. The average Bonchev–Trinajstić information content (AvgIpc) is 2.78. The average molecular weight is 348 g/mol. The van der Waals surface area contributed by atoms with Gasteiger partial charge in [0, 0.05) is 0 Å². The lowest BCUT2D eigenvalue weighted by molar-refractivity contribution is -0.128. The molecule has 2 unspecified atom stereocenters. The molecule has 138 valence electrons. The Labute approximate surface area is 149 Å². The first-order chi connectivity index (χ1) is 11.7. The lowest BCUT2D eigenvalue weighted by Crippen LogP contribution is -2.40. The predicted molar refractivity (Wildman–Crippen MR) is 95.6 cm³/mol. The molecule has 0 spiro atoms. The maximum absolute atomic E-state index is 12.3. The minimum atomic E-state index is -0.938. The molecule has 1 aliphatic heterocycles. The second-order valence-corrected chi connectivity index (χ2v) is 7.20. The fraction of sp³-hybridized carbons (Fsp3) is 0.579. The molecule has 1 heterocycles. The van der Waals surface area contributed by atoms with Crippen LogP contribution in [-0.4, -0.2) is 47.2 Å². The van der Waals surface area contributed by atoms with Gasteiger partial charge in [0.15, 0.2) is 0 Å². The zero-order chi connectivity index (χ0) is 18.7. The van der Waals surface area contributed by atoms with Crippen LogP contribution in [0.3, 0.4) is 0 Å². The van der Waals surface area contributed by atoms with Crippen LogP contribution >= 0.6 is 0 Å². The van der Waals surface area contributed by atoms with E-state index in [0.29, 0.717) is 12.3 Å². The zero-order valence-electron chi connectivity index (χ0n) is 15.6. The third-order valence-corrected chi connectivity index (χ3v) is 4.50. The second-order valence-electron chi connectivity index (χ2n) is 7.20. The first-order valence-electron chi connectivity index (χ1n) is 8.70. The number of ether oxygens (including phenoxy) is 1. The van der Waals surface area contributed by atoms with Gasteiger partial charge in [0.05, 0.1) is 6.54 Å². The molecule has 0 bridgehead atoms. The van der Waals surface area contributed by atoms with Gasteiger partial charge < -0.3 is 15.2 Å². The van der Waals surface area contributed by atoms with Crippen molar-refractivity contribution >= 4 is 11.9 Å². The summed E-state index contributed by atoms with van der Waals surface area (Å²) in [5.74, 6) is 0.768. The monoisotopic (exact) mass is 348 g/mol. The number of carbonyl (C=O) groups is 2. The van der Waals surface area contributed by atoms with Gasteiger partial charge in [-0.25, -0.2) is 4.79 Å². The summed E-state index contributed by atoms with van der Waals surface area (Å²) in [6.45, 7) is 9.87. The van der Waals surface area contributed by atoms with E-state index in [-0.39, 0.29) is 19.1 Å². The predicted octanol–water partition coefficient (Wildman–Crippen LogP) is 2.32. The Morgan fingerprint density at radius 2 is 1.84 bits per heavy atom. The minimum absolute atomic E-state index is 0.0248. The smallest absolute Gasteiger partial charge is 0.324 e. The van der Waals surface area contributed by atoms with Crippen molar-refractivity contribution < 1.29 is 19.4 Å². The topological polar surface area (TPSA) is 78.9 Å². The zero-order valence-corrected chi connectivity index (χ0v) is 15.6. The molecular weight excluding hydrogens is 320 g/mol. The molecule has 3 amide bonds. The molecule has 1 aromatic rings. The number of aliphatic hydroxyl groups is 1. The Balaban J connectivity index is 1.95. The van der Waals surface area contributed by atoms with E-state index in [2.05, 4.69) is 5.32 Å². The highest BCUT2D eigenvalue weighted by molar-refractivity contribution is 6.04. The molecular formula is C19H28N2O4. The highest BCUT2D eigenvalue weighted by Gasteiger charge is 2.38. The van der Waals surface area contributed by atoms with Gasteiger partial charge in [-0.2, -0.15) is 0 Å². The number of hydrogen-bond acceptors (Lipinski definition) is 4. The number of nitrogens with one attached hydrogen (secondary N) is 1. The van der Waals surface area contributed by atoms with E-state index in [1.54, 1.807) is 0 Å². The van der Waals surface area contributed by atoms with Crippen LogP contribution in [0, 0.1) is 26.7 Å². The van der Waals surface area contributed by atoms with Gasteiger partial charge in [0.2, 0.25) is 0 Å². The maximum atomic E-state index is 12.3. The van der Waals surface area contributed by atoms with Gasteiger partial charge in [-0.05, 0) is 49.8 Å². The van der Waals surface area contributed by atoms with E-state index in [0.717, 1.165) is 27.3 Å². The molecule has 0 saturated carbocycles. The SMILES string of the molecule is Cc1ccc(C)c(OCC(O)CN2C(=O)NC(CC(C)C)C2=O)c1C. The van der Waals surface area contributed by atoms with Crippen LogP contribution in [-0.2, 0) is 4.79 Å². The van der Waals surface area contributed by atoms with Crippen molar-refractivity contribution in [3.05, 3.63) is 28.8 Å². The van der Waals surface area contributed by atoms with Crippen molar-refractivity contribution in [2.45, 2.75) is 53.2 Å². The van der Waals surface area contributed by atoms with Crippen LogP contribution in [0.1, 0.15) is 37.0 Å². The number of benzene rings is 1. The molecule has 6 heteroatoms. The molecule has 0 aromatic heterocycles. The Morgan fingerprint density at radius 1 is 1.20 bits per heavy atom. The number of rotatable bonds is 7. The number of β-amino-alcohol motifs (C(OH)–C–C–N with tert-alkyl or cyclic N) is 1. The molecule has 25 heavy (non-hydrogen) atoms. The molecule has 6 nitrogen and oxygen atoms in total. The standard InChI is InChI=1S/C19H28N2O4/c1-11(2)8-16-18(23)21(19(24)20-16)9-15(22)10-25-17-13(4)7-6-12(3)14(17)5/h6-7,11,15-16,22H,8-10H2,1-5H3,(H,20,24). The summed E-state index contributed by atoms with van der Waals surface area (Å²) in [7, 11) is 0. The van der Waals surface area contributed by atoms with Crippen LogP contribution in [0.2, 0.25) is 0 Å². The molecule has 1 saturated heterocycles. The fourth-order valence-electron chi connectivity index (χ4n) is 2.97. The molecule has 2 atom stereocenters. The minimum Gasteiger partial charge on any atom is -0.490 e. The van der Waals surface area contributed by atoms with Gasteiger partial charge >= 0.3 is 6.03 Å². The largest absolute Gasteiger partial charge is 0.490 e. The van der Waals surface area contributed by atoms with Crippen LogP contribution in [0.4, 0.5) is 4.79 Å². The Morgan fingerprint density at radius 3 is 2.48 bits per heavy atom. The summed E-state index contributed by atoms with van der Waals surface area (Å²) in [4.78, 5) is 25.4. The van der Waals surface area contributed by atoms with E-state index >= 15 is 0 Å². The maximum Gasteiger partial charge on any atom is 0.324 e. The molecule has 1 fully saturated rings. The number of aryl methyl sites for hydroxylation is 2. The summed E-state index contributed by atoms with van der Waals surface area (Å²) in [6.07, 6.45) is -0.346. The molecule has 2 rings (SSSR count). The number of hydrogen-bond donors (Lipinski definition) is 2. The van der Waals surface area contributed by atoms with Crippen LogP contribution < -0.4 is 10.1 Å². The Bertz CT molecular complexity index is 657. The molecule has 0 radical (unpaired) electrons. The first-order valence-corrected chi connectivity index (χ1v) is 8.70. The van der Waals surface area contributed by atoms with Crippen molar-refractivity contribution in [2.24, 2.45) is 5.92 Å². The summed E-state index contributed by atoms with van der Waals surface area (Å²) in [5.41, 5.74) is 3.13. The molecule has 1 aromatic carbocycles. The van der Waals surface area contributed by atoms with Crippen molar-refractivity contribution in [3.8, 4) is 5.75 Å². The van der Waals surface area contributed by atoms with Gasteiger partial charge in [-0.15, -0.1) is 0 Å². The quantitative estimate of drug-likeness (QED) is 0.741. The highest BCUT2D eigenvalue weighted by Crippen LogP contribution is 2.26. The second kappa shape index (κ2) is 7.87. The van der Waals surface area contributed by atoms with E-state index in [4.69, 9.17) is 4.74 Å². The molecule has 2 N–H and O–H groups in total. The Kier molecular flexibility index (Phi) is 6.06. The number of amides is 3.